The van der Waals surface area contributed by atoms with Crippen LogP contribution in [0.4, 0.5) is 5.69 Å². The van der Waals surface area contributed by atoms with Crippen molar-refractivity contribution in [2.45, 2.75) is 46.0 Å². The number of allylic oxidation sites excluding steroid dienone is 1. The monoisotopic (exact) mass is 308 g/mol. The minimum absolute atomic E-state index is 0.0538. The average molecular weight is 308 g/mol. The molecule has 1 unspecified atom stereocenters. The van der Waals surface area contributed by atoms with Crippen molar-refractivity contribution in [1.82, 2.24) is 4.98 Å². The second-order valence-corrected chi connectivity index (χ2v) is 6.36. The number of aromatic nitrogens is 1. The lowest BCUT2D eigenvalue weighted by Crippen LogP contribution is -2.20. The quantitative estimate of drug-likeness (QED) is 0.854. The van der Waals surface area contributed by atoms with Gasteiger partial charge in [-0.25, -0.2) is 0 Å². The largest absolute Gasteiger partial charge is 0.320 e. The molecule has 2 aromatic rings. The number of hydrogen-bond donors (Lipinski definition) is 1. The molecule has 0 bridgehead atoms. The first kappa shape index (κ1) is 15.7. The van der Waals surface area contributed by atoms with Crippen LogP contribution in [-0.4, -0.2) is 10.9 Å². The van der Waals surface area contributed by atoms with Gasteiger partial charge in [0.05, 0.1) is 11.2 Å². The highest BCUT2D eigenvalue weighted by molar-refractivity contribution is 6.08. The molecule has 3 heteroatoms. The second-order valence-electron chi connectivity index (χ2n) is 6.36. The van der Waals surface area contributed by atoms with Crippen molar-refractivity contribution in [2.75, 3.05) is 5.32 Å². The number of hydrogen-bond acceptors (Lipinski definition) is 2. The summed E-state index contributed by atoms with van der Waals surface area (Å²) in [5, 5.41) is 4.15. The van der Waals surface area contributed by atoms with Crippen LogP contribution >= 0.6 is 0 Å². The SMILES string of the molecule is CCC(C)C1=C(C(=O)Nc2cccc3cccnc23)CCCC1. The number of carbonyl (C=O) groups excluding carboxylic acids is 1. The molecule has 3 rings (SSSR count). The minimum atomic E-state index is 0.0538. The number of carbonyl (C=O) groups is 1. The van der Waals surface area contributed by atoms with Crippen molar-refractivity contribution in [3.05, 3.63) is 47.7 Å². The molecule has 0 spiro atoms. The van der Waals surface area contributed by atoms with Gasteiger partial charge in [-0.1, -0.05) is 37.6 Å². The Kier molecular flexibility index (Phi) is 4.75. The Morgan fingerprint density at radius 2 is 2.00 bits per heavy atom. The molecule has 1 aromatic carbocycles. The van der Waals surface area contributed by atoms with Crippen molar-refractivity contribution in [3.63, 3.8) is 0 Å². The Morgan fingerprint density at radius 3 is 2.83 bits per heavy atom. The van der Waals surface area contributed by atoms with Gasteiger partial charge >= 0.3 is 0 Å². The number of benzene rings is 1. The maximum atomic E-state index is 12.8. The highest BCUT2D eigenvalue weighted by atomic mass is 16.1. The molecule has 3 nitrogen and oxygen atoms in total. The summed E-state index contributed by atoms with van der Waals surface area (Å²) < 4.78 is 0. The summed E-state index contributed by atoms with van der Waals surface area (Å²) in [4.78, 5) is 17.3. The smallest absolute Gasteiger partial charge is 0.251 e. The number of amides is 1. The third-order valence-corrected chi connectivity index (χ3v) is 4.87. The molecule has 1 atom stereocenters. The third kappa shape index (κ3) is 3.29. The van der Waals surface area contributed by atoms with Gasteiger partial charge < -0.3 is 5.32 Å². The van der Waals surface area contributed by atoms with E-state index in [1.165, 1.54) is 12.0 Å². The molecular weight excluding hydrogens is 284 g/mol. The van der Waals surface area contributed by atoms with Crippen molar-refractivity contribution in [2.24, 2.45) is 5.92 Å². The Labute approximate surface area is 137 Å². The molecular formula is C20H24N2O. The van der Waals surface area contributed by atoms with Gasteiger partial charge in [-0.3, -0.25) is 9.78 Å². The number of para-hydroxylation sites is 1. The number of anilines is 1. The molecule has 1 aliphatic rings. The van der Waals surface area contributed by atoms with Gasteiger partial charge in [0.1, 0.15) is 0 Å². The molecule has 1 aliphatic carbocycles. The van der Waals surface area contributed by atoms with E-state index in [2.05, 4.69) is 24.1 Å². The number of rotatable bonds is 4. The first-order valence-electron chi connectivity index (χ1n) is 8.57. The van der Waals surface area contributed by atoms with Crippen LogP contribution in [0.2, 0.25) is 0 Å². The third-order valence-electron chi connectivity index (χ3n) is 4.87. The van der Waals surface area contributed by atoms with E-state index >= 15 is 0 Å². The van der Waals surface area contributed by atoms with Crippen molar-refractivity contribution >= 4 is 22.5 Å². The van der Waals surface area contributed by atoms with Crippen LogP contribution in [0.3, 0.4) is 0 Å². The molecule has 0 fully saturated rings. The van der Waals surface area contributed by atoms with Gasteiger partial charge in [0.2, 0.25) is 0 Å². The fraction of sp³-hybridized carbons (Fsp3) is 0.400. The molecule has 1 N–H and O–H groups in total. The van der Waals surface area contributed by atoms with Gasteiger partial charge in [-0.15, -0.1) is 0 Å². The number of fused-ring (bicyclic) bond motifs is 1. The second kappa shape index (κ2) is 6.95. The van der Waals surface area contributed by atoms with E-state index in [0.29, 0.717) is 5.92 Å². The van der Waals surface area contributed by atoms with Crippen LogP contribution in [0.5, 0.6) is 0 Å². The molecule has 1 aromatic heterocycles. The highest BCUT2D eigenvalue weighted by Crippen LogP contribution is 2.32. The molecule has 120 valence electrons. The normalized spacial score (nSPS) is 16.4. The molecule has 0 saturated heterocycles. The summed E-state index contributed by atoms with van der Waals surface area (Å²) in [5.74, 6) is 0.542. The summed E-state index contributed by atoms with van der Waals surface area (Å²) in [7, 11) is 0. The zero-order chi connectivity index (χ0) is 16.2. The Bertz CT molecular complexity index is 743. The van der Waals surface area contributed by atoms with Crippen molar-refractivity contribution in [1.29, 1.82) is 0 Å². The standard InChI is InChI=1S/C20H24N2O/c1-3-14(2)16-10-4-5-11-17(16)20(23)22-18-12-6-8-15-9-7-13-21-19(15)18/h6-9,12-14H,3-5,10-11H2,1-2H3,(H,22,23). The lowest BCUT2D eigenvalue weighted by Gasteiger charge is -2.24. The molecule has 1 heterocycles. The first-order chi connectivity index (χ1) is 11.2. The van der Waals surface area contributed by atoms with E-state index in [1.807, 2.05) is 30.3 Å². The summed E-state index contributed by atoms with van der Waals surface area (Å²) in [6, 6.07) is 9.84. The van der Waals surface area contributed by atoms with Crippen LogP contribution in [0.25, 0.3) is 10.9 Å². The van der Waals surface area contributed by atoms with E-state index in [0.717, 1.165) is 47.8 Å². The zero-order valence-corrected chi connectivity index (χ0v) is 13.9. The number of nitrogens with zero attached hydrogens (tertiary/aromatic N) is 1. The van der Waals surface area contributed by atoms with Crippen LogP contribution in [0, 0.1) is 5.92 Å². The van der Waals surface area contributed by atoms with Crippen molar-refractivity contribution < 1.29 is 4.79 Å². The summed E-state index contributed by atoms with van der Waals surface area (Å²) in [6.45, 7) is 4.42. The molecule has 1 amide bonds. The first-order valence-corrected chi connectivity index (χ1v) is 8.57. The topological polar surface area (TPSA) is 42.0 Å². The molecule has 0 aliphatic heterocycles. The fourth-order valence-corrected chi connectivity index (χ4v) is 3.38. The van der Waals surface area contributed by atoms with Gasteiger partial charge in [-0.05, 0) is 50.2 Å². The Balaban J connectivity index is 1.92. The molecule has 0 saturated carbocycles. The lowest BCUT2D eigenvalue weighted by molar-refractivity contribution is -0.113. The number of nitrogens with one attached hydrogen (secondary N) is 1. The maximum absolute atomic E-state index is 12.8. The van der Waals surface area contributed by atoms with Gasteiger partial charge in [-0.2, -0.15) is 0 Å². The summed E-state index contributed by atoms with van der Waals surface area (Å²) >= 11 is 0. The Hall–Kier alpha value is -2.16. The number of pyridine rings is 1. The van der Waals surface area contributed by atoms with Crippen molar-refractivity contribution in [3.8, 4) is 0 Å². The van der Waals surface area contributed by atoms with E-state index in [4.69, 9.17) is 0 Å². The molecule has 0 radical (unpaired) electrons. The maximum Gasteiger partial charge on any atom is 0.251 e. The van der Waals surface area contributed by atoms with Crippen LogP contribution in [0.1, 0.15) is 46.0 Å². The van der Waals surface area contributed by atoms with Gasteiger partial charge in [0.25, 0.3) is 5.91 Å². The highest BCUT2D eigenvalue weighted by Gasteiger charge is 2.22. The minimum Gasteiger partial charge on any atom is -0.320 e. The van der Waals surface area contributed by atoms with E-state index < -0.39 is 0 Å². The van der Waals surface area contributed by atoms with Crippen LogP contribution in [0.15, 0.2) is 47.7 Å². The van der Waals surface area contributed by atoms with Gasteiger partial charge in [0.15, 0.2) is 0 Å². The summed E-state index contributed by atoms with van der Waals surface area (Å²) in [5.41, 5.74) is 4.00. The fourth-order valence-electron chi connectivity index (χ4n) is 3.38. The lowest BCUT2D eigenvalue weighted by atomic mass is 9.83. The van der Waals surface area contributed by atoms with E-state index in [9.17, 15) is 4.79 Å². The predicted molar refractivity (Wildman–Crippen MR) is 95.3 cm³/mol. The zero-order valence-electron chi connectivity index (χ0n) is 13.9. The van der Waals surface area contributed by atoms with Crippen LogP contribution in [-0.2, 0) is 4.79 Å². The van der Waals surface area contributed by atoms with E-state index in [-0.39, 0.29) is 5.91 Å². The van der Waals surface area contributed by atoms with Crippen LogP contribution < -0.4 is 5.32 Å². The predicted octanol–water partition coefficient (Wildman–Crippen LogP) is 5.09. The average Bonchev–Trinajstić information content (AvgIpc) is 2.61. The Morgan fingerprint density at radius 1 is 1.22 bits per heavy atom. The summed E-state index contributed by atoms with van der Waals surface area (Å²) in [6.07, 6.45) is 7.11. The van der Waals surface area contributed by atoms with Gasteiger partial charge in [0, 0.05) is 17.2 Å². The molecule has 23 heavy (non-hydrogen) atoms. The van der Waals surface area contributed by atoms with E-state index in [1.54, 1.807) is 6.20 Å².